The second-order valence-electron chi connectivity index (χ2n) is 5.26. The molecule has 1 atom stereocenters. The number of hydrogen-bond donors (Lipinski definition) is 0. The van der Waals surface area contributed by atoms with Crippen LogP contribution >= 0.6 is 0 Å². The third-order valence-corrected chi connectivity index (χ3v) is 3.74. The summed E-state index contributed by atoms with van der Waals surface area (Å²) in [5, 5.41) is 8.25. The van der Waals surface area contributed by atoms with Crippen molar-refractivity contribution in [3.8, 4) is 0 Å². The lowest BCUT2D eigenvalue weighted by Gasteiger charge is -2.32. The quantitative estimate of drug-likeness (QED) is 0.844. The molecule has 6 nitrogen and oxygen atoms in total. The van der Waals surface area contributed by atoms with Gasteiger partial charge < -0.3 is 9.26 Å². The van der Waals surface area contributed by atoms with E-state index < -0.39 is 0 Å². The molecule has 0 aliphatic carbocycles. The number of rotatable bonds is 4. The van der Waals surface area contributed by atoms with Gasteiger partial charge in [0.15, 0.2) is 0 Å². The largest absolute Gasteiger partial charge is 0.374 e. The number of nitrogens with zero attached hydrogens (tertiary/aromatic N) is 4. The van der Waals surface area contributed by atoms with Gasteiger partial charge in [-0.05, 0) is 19.9 Å². The molecular weight excluding hydrogens is 256 g/mol. The van der Waals surface area contributed by atoms with Crippen LogP contribution in [0.25, 0.3) is 0 Å². The molecule has 0 bridgehead atoms. The number of hydrogen-bond acceptors (Lipinski definition) is 5. The van der Waals surface area contributed by atoms with Gasteiger partial charge in [-0.25, -0.2) is 0 Å². The average molecular weight is 276 g/mol. The van der Waals surface area contributed by atoms with E-state index in [1.807, 2.05) is 30.8 Å². The van der Waals surface area contributed by atoms with Crippen molar-refractivity contribution in [3.63, 3.8) is 0 Å². The second-order valence-corrected chi connectivity index (χ2v) is 5.26. The van der Waals surface area contributed by atoms with Crippen LogP contribution in [0.3, 0.4) is 0 Å². The van der Waals surface area contributed by atoms with Crippen LogP contribution in [0.15, 0.2) is 23.0 Å². The highest BCUT2D eigenvalue weighted by Gasteiger charge is 2.23. The third kappa shape index (κ3) is 2.91. The second kappa shape index (κ2) is 5.76. The summed E-state index contributed by atoms with van der Waals surface area (Å²) < 4.78 is 13.0. The Morgan fingerprint density at radius 3 is 3.00 bits per heavy atom. The molecule has 0 spiro atoms. The van der Waals surface area contributed by atoms with Crippen LogP contribution in [0.5, 0.6) is 0 Å². The van der Waals surface area contributed by atoms with Gasteiger partial charge in [0.2, 0.25) is 0 Å². The van der Waals surface area contributed by atoms with Crippen molar-refractivity contribution in [2.75, 3.05) is 19.7 Å². The molecule has 108 valence electrons. The molecule has 3 heterocycles. The zero-order valence-electron chi connectivity index (χ0n) is 12.0. The maximum absolute atomic E-state index is 5.82. The van der Waals surface area contributed by atoms with Gasteiger partial charge in [0.05, 0.1) is 24.9 Å². The Hall–Kier alpha value is -1.66. The maximum atomic E-state index is 5.82. The predicted octanol–water partition coefficient (Wildman–Crippen LogP) is 1.39. The monoisotopic (exact) mass is 276 g/mol. The first kappa shape index (κ1) is 13.3. The topological polar surface area (TPSA) is 56.3 Å². The summed E-state index contributed by atoms with van der Waals surface area (Å²) in [4.78, 5) is 2.39. The lowest BCUT2D eigenvalue weighted by Crippen LogP contribution is -2.43. The molecule has 6 heteroatoms. The summed E-state index contributed by atoms with van der Waals surface area (Å²) in [6.45, 7) is 8.24. The number of ether oxygens (including phenoxy) is 1. The Labute approximate surface area is 118 Å². The fraction of sp³-hybridized carbons (Fsp3) is 0.571. The fourth-order valence-corrected chi connectivity index (χ4v) is 2.60. The van der Waals surface area contributed by atoms with Crippen LogP contribution in [-0.4, -0.2) is 45.6 Å². The Morgan fingerprint density at radius 2 is 2.30 bits per heavy atom. The molecule has 0 saturated carbocycles. The van der Waals surface area contributed by atoms with Crippen LogP contribution in [0.2, 0.25) is 0 Å². The van der Waals surface area contributed by atoms with Crippen molar-refractivity contribution in [2.45, 2.75) is 33.0 Å². The Kier molecular flexibility index (Phi) is 3.84. The van der Waals surface area contributed by atoms with Crippen LogP contribution in [0, 0.1) is 13.8 Å². The predicted molar refractivity (Wildman–Crippen MR) is 73.2 cm³/mol. The van der Waals surface area contributed by atoms with E-state index >= 15 is 0 Å². The summed E-state index contributed by atoms with van der Waals surface area (Å²) in [6.07, 6.45) is 3.95. The average Bonchev–Trinajstić information content (AvgIpc) is 3.04. The van der Waals surface area contributed by atoms with Gasteiger partial charge in [-0.3, -0.25) is 9.58 Å². The van der Waals surface area contributed by atoms with Crippen molar-refractivity contribution >= 4 is 0 Å². The SMILES string of the molecule is Cc1noc(C)c1CN1CCO[C@@H](Cn2cccn2)C1. The highest BCUT2D eigenvalue weighted by molar-refractivity contribution is 5.20. The van der Waals surface area contributed by atoms with Crippen molar-refractivity contribution in [3.05, 3.63) is 35.5 Å². The molecule has 0 N–H and O–H groups in total. The van der Waals surface area contributed by atoms with Gasteiger partial charge in [-0.2, -0.15) is 5.10 Å². The van der Waals surface area contributed by atoms with E-state index in [1.165, 1.54) is 5.56 Å². The van der Waals surface area contributed by atoms with E-state index in [-0.39, 0.29) is 6.10 Å². The van der Waals surface area contributed by atoms with Crippen molar-refractivity contribution in [1.29, 1.82) is 0 Å². The number of morpholine rings is 1. The minimum absolute atomic E-state index is 0.184. The summed E-state index contributed by atoms with van der Waals surface area (Å²) in [7, 11) is 0. The zero-order valence-corrected chi connectivity index (χ0v) is 12.0. The summed E-state index contributed by atoms with van der Waals surface area (Å²) in [5.41, 5.74) is 2.18. The van der Waals surface area contributed by atoms with Crippen LogP contribution in [0.1, 0.15) is 17.0 Å². The van der Waals surface area contributed by atoms with E-state index in [4.69, 9.17) is 9.26 Å². The molecule has 3 rings (SSSR count). The highest BCUT2D eigenvalue weighted by atomic mass is 16.5. The minimum atomic E-state index is 0.184. The van der Waals surface area contributed by atoms with Gasteiger partial charge in [-0.15, -0.1) is 0 Å². The normalized spacial score (nSPS) is 20.4. The van der Waals surface area contributed by atoms with E-state index in [0.29, 0.717) is 0 Å². The first-order chi connectivity index (χ1) is 9.72. The smallest absolute Gasteiger partial charge is 0.138 e. The molecule has 0 amide bonds. The zero-order chi connectivity index (χ0) is 13.9. The standard InChI is InChI=1S/C14H20N4O2/c1-11-14(12(2)20-16-11)10-17-6-7-19-13(8-17)9-18-5-3-4-15-18/h3-5,13H,6-10H2,1-2H3/t13-/m1/s1. The fourth-order valence-electron chi connectivity index (χ4n) is 2.60. The first-order valence-electron chi connectivity index (χ1n) is 6.95. The summed E-state index contributed by atoms with van der Waals surface area (Å²) in [6, 6.07) is 1.93. The third-order valence-electron chi connectivity index (χ3n) is 3.74. The van der Waals surface area contributed by atoms with Gasteiger partial charge in [0, 0.05) is 37.6 Å². The van der Waals surface area contributed by atoms with Gasteiger partial charge in [0.25, 0.3) is 0 Å². The molecule has 1 aliphatic heterocycles. The molecule has 1 fully saturated rings. The summed E-state index contributed by atoms with van der Waals surface area (Å²) >= 11 is 0. The van der Waals surface area contributed by atoms with E-state index in [2.05, 4.69) is 15.2 Å². The van der Waals surface area contributed by atoms with Crippen molar-refractivity contribution in [2.24, 2.45) is 0 Å². The summed E-state index contributed by atoms with van der Waals surface area (Å²) in [5.74, 6) is 0.914. The Balaban J connectivity index is 1.60. The minimum Gasteiger partial charge on any atom is -0.374 e. The van der Waals surface area contributed by atoms with Gasteiger partial charge in [-0.1, -0.05) is 5.16 Å². The van der Waals surface area contributed by atoms with Crippen molar-refractivity contribution in [1.82, 2.24) is 19.8 Å². The molecule has 1 aliphatic rings. The highest BCUT2D eigenvalue weighted by Crippen LogP contribution is 2.17. The maximum Gasteiger partial charge on any atom is 0.138 e. The number of aryl methyl sites for hydroxylation is 2. The molecule has 1 saturated heterocycles. The molecule has 0 aromatic carbocycles. The Bertz CT molecular complexity index is 530. The number of aromatic nitrogens is 3. The van der Waals surface area contributed by atoms with Crippen LogP contribution in [-0.2, 0) is 17.8 Å². The molecule has 20 heavy (non-hydrogen) atoms. The van der Waals surface area contributed by atoms with Crippen LogP contribution < -0.4 is 0 Å². The van der Waals surface area contributed by atoms with E-state index in [9.17, 15) is 0 Å². The molecular formula is C14H20N4O2. The molecule has 0 radical (unpaired) electrons. The lowest BCUT2D eigenvalue weighted by atomic mass is 10.1. The van der Waals surface area contributed by atoms with Gasteiger partial charge in [0.1, 0.15) is 5.76 Å². The molecule has 0 unspecified atom stereocenters. The van der Waals surface area contributed by atoms with E-state index in [0.717, 1.165) is 44.2 Å². The lowest BCUT2D eigenvalue weighted by molar-refractivity contribution is -0.0403. The van der Waals surface area contributed by atoms with Gasteiger partial charge >= 0.3 is 0 Å². The Morgan fingerprint density at radius 1 is 1.40 bits per heavy atom. The van der Waals surface area contributed by atoms with E-state index in [1.54, 1.807) is 6.20 Å². The first-order valence-corrected chi connectivity index (χ1v) is 6.95. The van der Waals surface area contributed by atoms with Crippen LogP contribution in [0.4, 0.5) is 0 Å². The van der Waals surface area contributed by atoms with Crippen molar-refractivity contribution < 1.29 is 9.26 Å². The molecule has 2 aromatic heterocycles. The molecule has 2 aromatic rings.